The smallest absolute Gasteiger partial charge is 0.0187 e. The molecular weight excluding hydrogens is 202 g/mol. The lowest BCUT2D eigenvalue weighted by Gasteiger charge is -2.10. The molecule has 2 N–H and O–H groups in total. The van der Waals surface area contributed by atoms with Crippen LogP contribution in [0.4, 0.5) is 0 Å². The average Bonchev–Trinajstić information content (AvgIpc) is 2.23. The molecule has 0 heterocycles. The lowest BCUT2D eigenvalue weighted by Crippen LogP contribution is -2.12. The highest BCUT2D eigenvalue weighted by molar-refractivity contribution is 7.98. The third-order valence-electron chi connectivity index (χ3n) is 2.57. The Bertz CT molecular complexity index is 309. The van der Waals surface area contributed by atoms with Crippen LogP contribution in [0.15, 0.2) is 18.2 Å². The summed E-state index contributed by atoms with van der Waals surface area (Å²) in [5, 5.41) is 0. The number of nitrogens with two attached hydrogens (primary N) is 1. The first-order valence-corrected chi connectivity index (χ1v) is 6.63. The van der Waals surface area contributed by atoms with E-state index in [9.17, 15) is 0 Å². The van der Waals surface area contributed by atoms with Crippen LogP contribution in [0.1, 0.15) is 23.6 Å². The van der Waals surface area contributed by atoms with Crippen LogP contribution in [0, 0.1) is 19.8 Å². The first-order chi connectivity index (χ1) is 7.13. The van der Waals surface area contributed by atoms with Crippen LogP contribution in [0.5, 0.6) is 0 Å². The maximum Gasteiger partial charge on any atom is 0.0187 e. The van der Waals surface area contributed by atoms with Crippen molar-refractivity contribution in [1.29, 1.82) is 0 Å². The second-order valence-electron chi connectivity index (χ2n) is 4.29. The number of aryl methyl sites for hydroxylation is 2. The van der Waals surface area contributed by atoms with Crippen LogP contribution in [-0.2, 0) is 5.75 Å². The van der Waals surface area contributed by atoms with E-state index in [1.54, 1.807) is 0 Å². The van der Waals surface area contributed by atoms with Gasteiger partial charge in [-0.1, -0.05) is 30.7 Å². The molecule has 1 aromatic carbocycles. The molecule has 0 aliphatic rings. The molecule has 1 aromatic rings. The van der Waals surface area contributed by atoms with Crippen molar-refractivity contribution in [3.8, 4) is 0 Å². The Balaban J connectivity index is 2.46. The molecule has 15 heavy (non-hydrogen) atoms. The topological polar surface area (TPSA) is 26.0 Å². The van der Waals surface area contributed by atoms with E-state index in [2.05, 4.69) is 39.0 Å². The van der Waals surface area contributed by atoms with Crippen molar-refractivity contribution >= 4 is 11.8 Å². The second kappa shape index (κ2) is 6.19. The van der Waals surface area contributed by atoms with Crippen molar-refractivity contribution in [2.45, 2.75) is 26.5 Å². The summed E-state index contributed by atoms with van der Waals surface area (Å²) >= 11 is 1.98. The summed E-state index contributed by atoms with van der Waals surface area (Å²) in [6.07, 6.45) is 0. The van der Waals surface area contributed by atoms with Gasteiger partial charge in [0.05, 0.1) is 0 Å². The maximum absolute atomic E-state index is 5.59. The third kappa shape index (κ3) is 4.27. The summed E-state index contributed by atoms with van der Waals surface area (Å²) < 4.78 is 0. The van der Waals surface area contributed by atoms with Gasteiger partial charge in [-0.3, -0.25) is 0 Å². The van der Waals surface area contributed by atoms with E-state index in [0.29, 0.717) is 5.92 Å². The zero-order valence-corrected chi connectivity index (χ0v) is 10.7. The van der Waals surface area contributed by atoms with Crippen LogP contribution in [0.25, 0.3) is 0 Å². The fraction of sp³-hybridized carbons (Fsp3) is 0.538. The van der Waals surface area contributed by atoms with Crippen molar-refractivity contribution in [3.05, 3.63) is 34.9 Å². The third-order valence-corrected chi connectivity index (χ3v) is 3.89. The summed E-state index contributed by atoms with van der Waals surface area (Å²) in [7, 11) is 0. The van der Waals surface area contributed by atoms with Crippen LogP contribution in [-0.4, -0.2) is 12.3 Å². The summed E-state index contributed by atoms with van der Waals surface area (Å²) in [6.45, 7) is 7.33. The highest BCUT2D eigenvalue weighted by Crippen LogP contribution is 2.19. The average molecular weight is 223 g/mol. The largest absolute Gasteiger partial charge is 0.330 e. The molecule has 1 atom stereocenters. The molecule has 0 fully saturated rings. The first-order valence-electron chi connectivity index (χ1n) is 5.47. The fourth-order valence-corrected chi connectivity index (χ4v) is 2.58. The van der Waals surface area contributed by atoms with Crippen molar-refractivity contribution < 1.29 is 0 Å². The predicted molar refractivity (Wildman–Crippen MR) is 70.3 cm³/mol. The molecule has 0 radical (unpaired) electrons. The lowest BCUT2D eigenvalue weighted by atomic mass is 10.1. The Morgan fingerprint density at radius 1 is 1.33 bits per heavy atom. The highest BCUT2D eigenvalue weighted by atomic mass is 32.2. The minimum atomic E-state index is 0.625. The van der Waals surface area contributed by atoms with E-state index in [4.69, 9.17) is 5.73 Å². The van der Waals surface area contributed by atoms with Gasteiger partial charge in [0.1, 0.15) is 0 Å². The Morgan fingerprint density at radius 2 is 2.07 bits per heavy atom. The van der Waals surface area contributed by atoms with Crippen molar-refractivity contribution in [1.82, 2.24) is 0 Å². The quantitative estimate of drug-likeness (QED) is 0.830. The second-order valence-corrected chi connectivity index (χ2v) is 5.32. The molecule has 0 amide bonds. The Labute approximate surface area is 97.4 Å². The molecule has 1 rings (SSSR count). The number of benzene rings is 1. The number of hydrogen-bond donors (Lipinski definition) is 1. The molecule has 0 aliphatic carbocycles. The molecule has 0 spiro atoms. The van der Waals surface area contributed by atoms with Crippen molar-refractivity contribution in [2.75, 3.05) is 12.3 Å². The first kappa shape index (κ1) is 12.6. The van der Waals surface area contributed by atoms with E-state index in [0.717, 1.165) is 18.1 Å². The Kier molecular flexibility index (Phi) is 5.20. The highest BCUT2D eigenvalue weighted by Gasteiger charge is 2.02. The summed E-state index contributed by atoms with van der Waals surface area (Å²) in [4.78, 5) is 0. The number of rotatable bonds is 5. The number of thioether (sulfide) groups is 1. The lowest BCUT2D eigenvalue weighted by molar-refractivity contribution is 0.675. The van der Waals surface area contributed by atoms with E-state index in [-0.39, 0.29) is 0 Å². The van der Waals surface area contributed by atoms with Gasteiger partial charge in [0.2, 0.25) is 0 Å². The normalized spacial score (nSPS) is 12.8. The SMILES string of the molecule is Cc1ccc(C)c(CSCC(C)CN)c1. The Hall–Kier alpha value is -0.470. The van der Waals surface area contributed by atoms with E-state index >= 15 is 0 Å². The van der Waals surface area contributed by atoms with Gasteiger partial charge < -0.3 is 5.73 Å². The molecule has 1 unspecified atom stereocenters. The van der Waals surface area contributed by atoms with Crippen molar-refractivity contribution in [3.63, 3.8) is 0 Å². The Morgan fingerprint density at radius 3 is 2.73 bits per heavy atom. The number of hydrogen-bond acceptors (Lipinski definition) is 2. The molecular formula is C13H21NS. The minimum absolute atomic E-state index is 0.625. The fourth-order valence-electron chi connectivity index (χ4n) is 1.39. The molecule has 84 valence electrons. The zero-order valence-electron chi connectivity index (χ0n) is 9.92. The monoisotopic (exact) mass is 223 g/mol. The van der Waals surface area contributed by atoms with Crippen LogP contribution < -0.4 is 5.73 Å². The van der Waals surface area contributed by atoms with E-state index < -0.39 is 0 Å². The van der Waals surface area contributed by atoms with Gasteiger partial charge in [-0.25, -0.2) is 0 Å². The van der Waals surface area contributed by atoms with Crippen LogP contribution in [0.3, 0.4) is 0 Å². The molecule has 0 aromatic heterocycles. The van der Waals surface area contributed by atoms with Gasteiger partial charge >= 0.3 is 0 Å². The molecule has 1 nitrogen and oxygen atoms in total. The van der Waals surface area contributed by atoms with Gasteiger partial charge in [0.25, 0.3) is 0 Å². The summed E-state index contributed by atoms with van der Waals surface area (Å²) in [5.74, 6) is 2.89. The molecule has 0 bridgehead atoms. The van der Waals surface area contributed by atoms with E-state index in [1.807, 2.05) is 11.8 Å². The minimum Gasteiger partial charge on any atom is -0.330 e. The molecule has 0 saturated heterocycles. The molecule has 0 saturated carbocycles. The van der Waals surface area contributed by atoms with E-state index in [1.165, 1.54) is 16.7 Å². The van der Waals surface area contributed by atoms with Gasteiger partial charge in [0.15, 0.2) is 0 Å². The van der Waals surface area contributed by atoms with Crippen LogP contribution >= 0.6 is 11.8 Å². The summed E-state index contributed by atoms with van der Waals surface area (Å²) in [5.41, 5.74) is 9.80. The zero-order chi connectivity index (χ0) is 11.3. The van der Waals surface area contributed by atoms with Gasteiger partial charge in [0, 0.05) is 5.75 Å². The van der Waals surface area contributed by atoms with Crippen LogP contribution in [0.2, 0.25) is 0 Å². The maximum atomic E-state index is 5.59. The summed E-state index contributed by atoms with van der Waals surface area (Å²) in [6, 6.07) is 6.67. The molecule has 0 aliphatic heterocycles. The van der Waals surface area contributed by atoms with Gasteiger partial charge in [-0.2, -0.15) is 11.8 Å². The predicted octanol–water partition coefficient (Wildman–Crippen LogP) is 3.13. The van der Waals surface area contributed by atoms with Gasteiger partial charge in [-0.15, -0.1) is 0 Å². The van der Waals surface area contributed by atoms with Gasteiger partial charge in [-0.05, 0) is 43.2 Å². The van der Waals surface area contributed by atoms with Crippen molar-refractivity contribution in [2.24, 2.45) is 11.7 Å². The standard InChI is InChI=1S/C13H21NS/c1-10-4-5-12(3)13(6-10)9-15-8-11(2)7-14/h4-6,11H,7-9,14H2,1-3H3. The molecule has 2 heteroatoms.